The maximum absolute atomic E-state index is 12.8. The highest BCUT2D eigenvalue weighted by Crippen LogP contribution is 2.64. The number of hydrogen-bond donors (Lipinski definition) is 0. The first kappa shape index (κ1) is 23.1. The second-order valence-electron chi connectivity index (χ2n) is 9.61. The van der Waals surface area contributed by atoms with Crippen molar-refractivity contribution < 1.29 is 17.9 Å². The maximum Gasteiger partial charge on any atom is 0.433 e. The Balaban J connectivity index is 1.06. The van der Waals surface area contributed by atoms with E-state index in [0.29, 0.717) is 11.8 Å². The normalized spacial score (nSPS) is 26.4. The number of nitrogens with zero attached hydrogens (tertiary/aromatic N) is 5. The summed E-state index contributed by atoms with van der Waals surface area (Å²) in [5, 5.41) is 9.82. The van der Waals surface area contributed by atoms with Crippen LogP contribution in [-0.4, -0.2) is 63.2 Å². The van der Waals surface area contributed by atoms with E-state index in [1.165, 1.54) is 6.20 Å². The first-order valence-electron chi connectivity index (χ1n) is 11.7. The van der Waals surface area contributed by atoms with Gasteiger partial charge in [0.05, 0.1) is 0 Å². The van der Waals surface area contributed by atoms with Crippen LogP contribution in [0, 0.1) is 5.41 Å². The van der Waals surface area contributed by atoms with Crippen molar-refractivity contribution in [3.8, 4) is 0 Å². The Labute approximate surface area is 196 Å². The smallest absolute Gasteiger partial charge is 0.381 e. The summed E-state index contributed by atoms with van der Waals surface area (Å²) in [7, 11) is 2.06. The molecule has 180 valence electrons. The summed E-state index contributed by atoms with van der Waals surface area (Å²) < 4.78 is 45.9. The molecule has 2 saturated heterocycles. The van der Waals surface area contributed by atoms with Crippen LogP contribution in [0.2, 0.25) is 0 Å². The molecular weight excluding hydrogens is 451 g/mol. The molecule has 5 rings (SSSR count). The summed E-state index contributed by atoms with van der Waals surface area (Å²) in [5.41, 5.74) is 0.369. The van der Waals surface area contributed by atoms with E-state index >= 15 is 0 Å². The SMILES string of the molecule is Cn1c(SCCCN2CC[C@@]3(CC3c3ccc(C(F)(F)F)nc3)C2)nnc1C1CCOCC1. The minimum Gasteiger partial charge on any atom is -0.381 e. The molecule has 2 atom stereocenters. The molecule has 0 N–H and O–H groups in total. The van der Waals surface area contributed by atoms with E-state index in [1.807, 2.05) is 0 Å². The van der Waals surface area contributed by atoms with Gasteiger partial charge in [0.2, 0.25) is 0 Å². The van der Waals surface area contributed by atoms with E-state index in [-0.39, 0.29) is 5.41 Å². The lowest BCUT2D eigenvalue weighted by Gasteiger charge is -2.21. The number of likely N-dealkylation sites (tertiary alicyclic amines) is 1. The standard InChI is InChI=1S/C23H30F3N5OS/c1-30-20(16-5-10-32-11-6-16)28-29-21(30)33-12-2-8-31-9-7-22(15-31)13-18(22)17-3-4-19(27-14-17)23(24,25)26/h3-4,14,16,18H,2,5-13,15H2,1H3/t18?,22-/m1/s1. The van der Waals surface area contributed by atoms with Gasteiger partial charge in [-0.25, -0.2) is 0 Å². The van der Waals surface area contributed by atoms with Crippen LogP contribution in [0.4, 0.5) is 13.2 Å². The Morgan fingerprint density at radius 2 is 2.03 bits per heavy atom. The van der Waals surface area contributed by atoms with Gasteiger partial charge in [0.25, 0.3) is 0 Å². The van der Waals surface area contributed by atoms with Crippen molar-refractivity contribution in [2.45, 2.75) is 55.3 Å². The van der Waals surface area contributed by atoms with Crippen molar-refractivity contribution in [2.75, 3.05) is 38.6 Å². The lowest BCUT2D eigenvalue weighted by molar-refractivity contribution is -0.141. The van der Waals surface area contributed by atoms with Crippen LogP contribution in [0.3, 0.4) is 0 Å². The van der Waals surface area contributed by atoms with Gasteiger partial charge in [-0.05, 0) is 68.2 Å². The summed E-state index contributed by atoms with van der Waals surface area (Å²) >= 11 is 1.76. The highest BCUT2D eigenvalue weighted by Gasteiger charge is 2.57. The highest BCUT2D eigenvalue weighted by molar-refractivity contribution is 7.99. The summed E-state index contributed by atoms with van der Waals surface area (Å²) in [6.45, 7) is 4.73. The molecular formula is C23H30F3N5OS. The highest BCUT2D eigenvalue weighted by atomic mass is 32.2. The van der Waals surface area contributed by atoms with Gasteiger partial charge >= 0.3 is 6.18 Å². The number of thioether (sulfide) groups is 1. The lowest BCUT2D eigenvalue weighted by atomic mass is 9.99. The summed E-state index contributed by atoms with van der Waals surface area (Å²) in [5.74, 6) is 2.85. The molecule has 3 aliphatic rings. The minimum atomic E-state index is -4.38. The second kappa shape index (κ2) is 9.19. The molecule has 33 heavy (non-hydrogen) atoms. The fourth-order valence-corrected chi connectivity index (χ4v) is 6.28. The quantitative estimate of drug-likeness (QED) is 0.429. The zero-order valence-electron chi connectivity index (χ0n) is 18.9. The summed E-state index contributed by atoms with van der Waals surface area (Å²) in [4.78, 5) is 6.15. The van der Waals surface area contributed by atoms with Crippen LogP contribution < -0.4 is 0 Å². The number of halogens is 3. The second-order valence-corrected chi connectivity index (χ2v) is 10.7. The average Bonchev–Trinajstić information content (AvgIpc) is 3.15. The number of ether oxygens (including phenoxy) is 1. The molecule has 2 aromatic heterocycles. The van der Waals surface area contributed by atoms with E-state index < -0.39 is 11.9 Å². The Morgan fingerprint density at radius 3 is 2.76 bits per heavy atom. The van der Waals surface area contributed by atoms with Crippen LogP contribution in [0.15, 0.2) is 23.5 Å². The molecule has 1 unspecified atom stereocenters. The fourth-order valence-electron chi connectivity index (χ4n) is 5.44. The number of alkyl halides is 3. The van der Waals surface area contributed by atoms with E-state index in [1.54, 1.807) is 17.8 Å². The molecule has 0 aromatic carbocycles. The van der Waals surface area contributed by atoms with E-state index in [2.05, 4.69) is 31.7 Å². The first-order valence-corrected chi connectivity index (χ1v) is 12.7. The number of aromatic nitrogens is 4. The van der Waals surface area contributed by atoms with Gasteiger partial charge in [-0.2, -0.15) is 13.2 Å². The summed E-state index contributed by atoms with van der Waals surface area (Å²) in [6.07, 6.45) is 2.32. The van der Waals surface area contributed by atoms with Gasteiger partial charge < -0.3 is 14.2 Å². The molecule has 10 heteroatoms. The van der Waals surface area contributed by atoms with Crippen molar-refractivity contribution in [1.29, 1.82) is 0 Å². The van der Waals surface area contributed by atoms with E-state index in [4.69, 9.17) is 4.74 Å². The molecule has 1 spiro atoms. The van der Waals surface area contributed by atoms with Crippen LogP contribution in [0.1, 0.15) is 61.0 Å². The van der Waals surface area contributed by atoms with Crippen molar-refractivity contribution >= 4 is 11.8 Å². The van der Waals surface area contributed by atoms with Crippen LogP contribution in [0.25, 0.3) is 0 Å². The van der Waals surface area contributed by atoms with Gasteiger partial charge in [-0.3, -0.25) is 4.98 Å². The third-order valence-corrected chi connectivity index (χ3v) is 8.54. The van der Waals surface area contributed by atoms with Crippen molar-refractivity contribution in [3.63, 3.8) is 0 Å². The van der Waals surface area contributed by atoms with E-state index in [9.17, 15) is 13.2 Å². The maximum atomic E-state index is 12.8. The van der Waals surface area contributed by atoms with Gasteiger partial charge in [-0.1, -0.05) is 17.8 Å². The fraction of sp³-hybridized carbons (Fsp3) is 0.696. The monoisotopic (exact) mass is 481 g/mol. The molecule has 2 aromatic rings. The third-order valence-electron chi connectivity index (χ3n) is 7.44. The number of hydrogen-bond acceptors (Lipinski definition) is 6. The first-order chi connectivity index (χ1) is 15.9. The zero-order chi connectivity index (χ0) is 23.1. The zero-order valence-corrected chi connectivity index (χ0v) is 19.7. The molecule has 0 bridgehead atoms. The molecule has 1 aliphatic carbocycles. The Bertz CT molecular complexity index is 960. The molecule has 4 heterocycles. The number of rotatable bonds is 7. The Kier molecular flexibility index (Phi) is 6.43. The van der Waals surface area contributed by atoms with Crippen LogP contribution >= 0.6 is 11.8 Å². The molecule has 3 fully saturated rings. The van der Waals surface area contributed by atoms with Gasteiger partial charge in [0, 0.05) is 44.7 Å². The van der Waals surface area contributed by atoms with Crippen molar-refractivity contribution in [2.24, 2.45) is 12.5 Å². The van der Waals surface area contributed by atoms with Crippen molar-refractivity contribution in [1.82, 2.24) is 24.6 Å². The van der Waals surface area contributed by atoms with E-state index in [0.717, 1.165) is 93.3 Å². The average molecular weight is 482 g/mol. The predicted molar refractivity (Wildman–Crippen MR) is 119 cm³/mol. The summed E-state index contributed by atoms with van der Waals surface area (Å²) in [6, 6.07) is 2.73. The largest absolute Gasteiger partial charge is 0.433 e. The van der Waals surface area contributed by atoms with Crippen molar-refractivity contribution in [3.05, 3.63) is 35.4 Å². The lowest BCUT2D eigenvalue weighted by Crippen LogP contribution is -2.23. The molecule has 0 radical (unpaired) electrons. The van der Waals surface area contributed by atoms with Crippen LogP contribution in [-0.2, 0) is 18.0 Å². The molecule has 1 saturated carbocycles. The van der Waals surface area contributed by atoms with Gasteiger partial charge in [-0.15, -0.1) is 10.2 Å². The molecule has 2 aliphatic heterocycles. The van der Waals surface area contributed by atoms with Gasteiger partial charge in [0.1, 0.15) is 11.5 Å². The minimum absolute atomic E-state index is 0.233. The van der Waals surface area contributed by atoms with Crippen LogP contribution in [0.5, 0.6) is 0 Å². The predicted octanol–water partition coefficient (Wildman–Crippen LogP) is 4.48. The van der Waals surface area contributed by atoms with Gasteiger partial charge in [0.15, 0.2) is 5.16 Å². The Hall–Kier alpha value is -1.65. The molecule has 6 nitrogen and oxygen atoms in total. The topological polar surface area (TPSA) is 56.1 Å². The number of pyridine rings is 1. The molecule has 0 amide bonds. The third kappa shape index (κ3) is 4.93. The Morgan fingerprint density at radius 1 is 1.21 bits per heavy atom.